The van der Waals surface area contributed by atoms with E-state index >= 15 is 0 Å². The first-order valence-electron chi connectivity index (χ1n) is 20.0. The molecule has 66 heavy (non-hydrogen) atoms. The number of ketones is 2. The second kappa shape index (κ2) is 21.7. The van der Waals surface area contributed by atoms with Crippen molar-refractivity contribution >= 4 is 82.8 Å². The Kier molecular flexibility index (Phi) is 17.4. The van der Waals surface area contributed by atoms with Crippen LogP contribution >= 0.6 is 23.5 Å². The molecule has 0 unspecified atom stereocenters. The van der Waals surface area contributed by atoms with Crippen LogP contribution in [-0.4, -0.2) is 142 Å². The summed E-state index contributed by atoms with van der Waals surface area (Å²) in [5, 5.41) is 24.6. The summed E-state index contributed by atoms with van der Waals surface area (Å²) < 4.78 is 56.1. The fraction of sp³-hybridized carbons (Fsp3) is 0.571. The van der Waals surface area contributed by atoms with Gasteiger partial charge in [-0.05, 0) is 11.5 Å². The molecule has 10 atom stereocenters. The van der Waals surface area contributed by atoms with Crippen molar-refractivity contribution in [2.24, 2.45) is 5.41 Å². The van der Waals surface area contributed by atoms with Gasteiger partial charge in [0.2, 0.25) is 0 Å². The molecule has 2 heterocycles. The second-order valence-electron chi connectivity index (χ2n) is 16.0. The number of hydrogen-bond donors (Lipinski definition) is 2. The van der Waals surface area contributed by atoms with E-state index in [0.29, 0.717) is 23.5 Å². The van der Waals surface area contributed by atoms with Gasteiger partial charge in [-0.1, -0.05) is 44.3 Å². The highest BCUT2D eigenvalue weighted by Gasteiger charge is 2.55. The maximum Gasteiger partial charge on any atom is 0.303 e. The molecule has 2 N–H and O–H groups in total. The fourth-order valence-corrected chi connectivity index (χ4v) is 9.79. The molecule has 3 aliphatic rings. The molecule has 1 aromatic carbocycles. The number of Topliss-reactive ketones (excluding diaryl/α,β-unsaturated/α-hetero) is 1. The molecule has 362 valence electrons. The summed E-state index contributed by atoms with van der Waals surface area (Å²) in [7, 11) is 0. The summed E-state index contributed by atoms with van der Waals surface area (Å²) in [6, 6.07) is 0. The first-order valence-corrected chi connectivity index (χ1v) is 21.8. The van der Waals surface area contributed by atoms with Crippen molar-refractivity contribution in [3.05, 3.63) is 22.8 Å². The first kappa shape index (κ1) is 52.9. The van der Waals surface area contributed by atoms with Gasteiger partial charge in [0.1, 0.15) is 47.8 Å². The molecule has 24 heteroatoms. The van der Waals surface area contributed by atoms with Crippen molar-refractivity contribution in [3.8, 4) is 11.5 Å². The Hall–Kier alpha value is -5.72. The van der Waals surface area contributed by atoms with Crippen molar-refractivity contribution in [2.45, 2.75) is 146 Å². The van der Waals surface area contributed by atoms with E-state index in [1.807, 2.05) is 0 Å². The van der Waals surface area contributed by atoms with E-state index in [2.05, 4.69) is 0 Å². The number of ether oxygens (including phenoxy) is 10. The Morgan fingerprint density at radius 3 is 1.15 bits per heavy atom. The number of thioether (sulfide) groups is 2. The Balaban J connectivity index is 2.07. The lowest BCUT2D eigenvalue weighted by Gasteiger charge is -2.45. The van der Waals surface area contributed by atoms with Gasteiger partial charge in [-0.25, -0.2) is 0 Å². The molecule has 0 aromatic heterocycles. The third kappa shape index (κ3) is 12.8. The number of carbonyl (C=O) groups excluding carboxylic acids is 10. The van der Waals surface area contributed by atoms with E-state index in [1.165, 1.54) is 0 Å². The van der Waals surface area contributed by atoms with E-state index < -0.39 is 170 Å². The van der Waals surface area contributed by atoms with Crippen LogP contribution < -0.4 is 0 Å². The number of benzene rings is 1. The molecule has 22 nitrogen and oxygen atoms in total. The average Bonchev–Trinajstić information content (AvgIpc) is 3.17. The summed E-state index contributed by atoms with van der Waals surface area (Å²) in [6.07, 6.45) is -12.2. The minimum Gasteiger partial charge on any atom is -0.506 e. The summed E-state index contributed by atoms with van der Waals surface area (Å²) in [5.41, 5.74) is -5.86. The molecule has 0 saturated carbocycles. The zero-order valence-electron chi connectivity index (χ0n) is 37.6. The molecule has 2 fully saturated rings. The molecule has 1 aliphatic carbocycles. The van der Waals surface area contributed by atoms with Crippen LogP contribution in [0.2, 0.25) is 0 Å². The maximum absolute atomic E-state index is 14.3. The van der Waals surface area contributed by atoms with E-state index in [1.54, 1.807) is 20.8 Å². The van der Waals surface area contributed by atoms with Gasteiger partial charge in [0.15, 0.2) is 48.2 Å². The number of phenolic OH excluding ortho intramolecular Hbond substituents is 2. The van der Waals surface area contributed by atoms with Gasteiger partial charge >= 0.3 is 47.8 Å². The van der Waals surface area contributed by atoms with Gasteiger partial charge in [0.25, 0.3) is 0 Å². The quantitative estimate of drug-likeness (QED) is 0.154. The number of hydrogen-bond acceptors (Lipinski definition) is 24. The highest BCUT2D eigenvalue weighted by Crippen LogP contribution is 2.55. The SMILES string of the molecule is CC(=O)OC[C@H]1O[C@@H](Sc2c(O)c3c(c(O)c2S[C@@H]2O[C@H](COC(C)=O)[C@@H](OC(C)=O)[C@H](OC(C)=O)[C@H]2OC(C)=O)C(=O)C(C(C)(C)C)=CC3=O)[C@H](OC(C)=O)[C@@H](OC(C)=O)[C@@H]1OC(C)=O. The van der Waals surface area contributed by atoms with Crippen LogP contribution in [0.15, 0.2) is 21.4 Å². The van der Waals surface area contributed by atoms with Gasteiger partial charge in [-0.2, -0.15) is 0 Å². The number of fused-ring (bicyclic) bond motifs is 1. The fourth-order valence-electron chi connectivity index (χ4n) is 7.12. The van der Waals surface area contributed by atoms with Crippen LogP contribution in [0.4, 0.5) is 0 Å². The third-order valence-corrected chi connectivity index (χ3v) is 12.1. The van der Waals surface area contributed by atoms with E-state index in [4.69, 9.17) is 47.4 Å². The zero-order chi connectivity index (χ0) is 49.7. The van der Waals surface area contributed by atoms with Crippen LogP contribution in [0.3, 0.4) is 0 Å². The number of carbonyl (C=O) groups is 10. The summed E-state index contributed by atoms with van der Waals surface area (Å²) >= 11 is 0.842. The van der Waals surface area contributed by atoms with E-state index in [-0.39, 0.29) is 5.57 Å². The highest BCUT2D eigenvalue weighted by molar-refractivity contribution is 8.03. The van der Waals surface area contributed by atoms with Gasteiger partial charge in [-0.3, -0.25) is 47.9 Å². The third-order valence-electron chi connectivity index (χ3n) is 9.53. The molecule has 0 amide bonds. The number of rotatable bonds is 14. The molecule has 0 bridgehead atoms. The first-order chi connectivity index (χ1) is 30.6. The average molecular weight is 971 g/mol. The van der Waals surface area contributed by atoms with Gasteiger partial charge < -0.3 is 57.6 Å². The lowest BCUT2D eigenvalue weighted by atomic mass is 9.76. The monoisotopic (exact) mass is 970 g/mol. The summed E-state index contributed by atoms with van der Waals surface area (Å²) in [6.45, 7) is 11.6. The molecule has 1 aromatic rings. The van der Waals surface area contributed by atoms with Crippen molar-refractivity contribution in [1.29, 1.82) is 0 Å². The topological polar surface area (TPSA) is 303 Å². The number of allylic oxidation sites excluding steroid dienone is 2. The minimum atomic E-state index is -1.77. The normalized spacial score (nSPS) is 26.1. The maximum atomic E-state index is 14.3. The van der Waals surface area contributed by atoms with Crippen molar-refractivity contribution in [1.82, 2.24) is 0 Å². The Bertz CT molecular complexity index is 2190. The Morgan fingerprint density at radius 1 is 0.515 bits per heavy atom. The van der Waals surface area contributed by atoms with E-state index in [0.717, 1.165) is 61.5 Å². The van der Waals surface area contributed by atoms with Crippen LogP contribution in [-0.2, 0) is 85.7 Å². The molecular formula is C42H50O22S2. The zero-order valence-corrected chi connectivity index (χ0v) is 39.3. The van der Waals surface area contributed by atoms with Crippen molar-refractivity contribution in [3.63, 3.8) is 0 Å². The molecular weight excluding hydrogens is 921 g/mol. The smallest absolute Gasteiger partial charge is 0.303 e. The van der Waals surface area contributed by atoms with Crippen LogP contribution in [0.1, 0.15) is 96.9 Å². The molecule has 0 spiro atoms. The van der Waals surface area contributed by atoms with Crippen LogP contribution in [0, 0.1) is 5.41 Å². The van der Waals surface area contributed by atoms with Crippen molar-refractivity contribution in [2.75, 3.05) is 13.2 Å². The predicted octanol–water partition coefficient (Wildman–Crippen LogP) is 2.80. The molecule has 2 aliphatic heterocycles. The van der Waals surface area contributed by atoms with E-state index in [9.17, 15) is 58.2 Å². The lowest BCUT2D eigenvalue weighted by Crippen LogP contribution is -2.61. The van der Waals surface area contributed by atoms with Crippen LogP contribution in [0.25, 0.3) is 0 Å². The summed E-state index contributed by atoms with van der Waals surface area (Å²) in [4.78, 5) is 127. The Labute approximate surface area is 385 Å². The highest BCUT2D eigenvalue weighted by atomic mass is 32.2. The molecule has 2 saturated heterocycles. The molecule has 4 rings (SSSR count). The summed E-state index contributed by atoms with van der Waals surface area (Å²) in [5.74, 6) is -11.1. The van der Waals surface area contributed by atoms with Gasteiger partial charge in [0, 0.05) is 61.0 Å². The second-order valence-corrected chi connectivity index (χ2v) is 18.2. The largest absolute Gasteiger partial charge is 0.506 e. The van der Waals surface area contributed by atoms with Crippen LogP contribution in [0.5, 0.6) is 11.5 Å². The van der Waals surface area contributed by atoms with Crippen molar-refractivity contribution < 1.29 is 106 Å². The Morgan fingerprint density at radius 2 is 0.833 bits per heavy atom. The number of esters is 8. The standard InChI is InChI=1S/C42H50O22S2/c1-15(43)55-13-25-32(57-17(3)45)34(59-19(5)47)36(61-21(7)49)40(63-25)65-38-30(53)27-24(51)12-23(42(9,10)11)29(52)28(27)31(54)39(38)66-41-37(62-22(8)50)35(60-20(6)48)33(58-18(4)46)26(64-41)14-56-16(2)44/h12,25-26,32-37,40-41,53-54H,13-14H2,1-11H3/t25-,26-,32-,33-,34+,35+,36-,37-,40+,41+/m1/s1. The number of aromatic hydroxyl groups is 2. The van der Waals surface area contributed by atoms with Gasteiger partial charge in [0.05, 0.1) is 20.9 Å². The van der Waals surface area contributed by atoms with Gasteiger partial charge in [-0.15, -0.1) is 0 Å². The predicted molar refractivity (Wildman–Crippen MR) is 222 cm³/mol. The minimum absolute atomic E-state index is 0.0714. The number of phenols is 2. The lowest BCUT2D eigenvalue weighted by molar-refractivity contribution is -0.237. The molecule has 0 radical (unpaired) electrons.